The molecule has 1 amide bonds. The molecule has 2 N–H and O–H groups in total. The van der Waals surface area contributed by atoms with Crippen molar-refractivity contribution in [3.8, 4) is 0 Å². The molecule has 0 radical (unpaired) electrons. The first-order valence-electron chi connectivity index (χ1n) is 8.14. The summed E-state index contributed by atoms with van der Waals surface area (Å²) < 4.78 is 32.3. The first kappa shape index (κ1) is 21.1. The molecule has 0 saturated heterocycles. The molecule has 9 heteroatoms. The highest BCUT2D eigenvalue weighted by molar-refractivity contribution is 9.10. The largest absolute Gasteiger partial charge is 0.462 e. The van der Waals surface area contributed by atoms with E-state index >= 15 is 0 Å². The molecule has 0 aliphatic rings. The Bertz CT molecular complexity index is 896. The van der Waals surface area contributed by atoms with E-state index in [9.17, 15) is 18.0 Å². The third-order valence-corrected chi connectivity index (χ3v) is 5.45. The van der Waals surface area contributed by atoms with Gasteiger partial charge >= 0.3 is 5.97 Å². The van der Waals surface area contributed by atoms with Crippen LogP contribution in [0.5, 0.6) is 0 Å². The van der Waals surface area contributed by atoms with Crippen molar-refractivity contribution < 1.29 is 22.7 Å². The van der Waals surface area contributed by atoms with Crippen molar-refractivity contribution in [2.45, 2.75) is 18.2 Å². The van der Waals surface area contributed by atoms with Crippen molar-refractivity contribution in [2.75, 3.05) is 18.5 Å². The van der Waals surface area contributed by atoms with Crippen molar-refractivity contribution in [2.24, 2.45) is 0 Å². The highest BCUT2D eigenvalue weighted by Crippen LogP contribution is 2.14. The molecular weight excluding hydrogens is 436 g/mol. The summed E-state index contributed by atoms with van der Waals surface area (Å²) in [6.45, 7) is 1.97. The van der Waals surface area contributed by atoms with E-state index in [1.54, 1.807) is 43.3 Å². The molecule has 27 heavy (non-hydrogen) atoms. The summed E-state index contributed by atoms with van der Waals surface area (Å²) in [5.74, 6) is -0.782. The Labute approximate surface area is 166 Å². The fourth-order valence-corrected chi connectivity index (χ4v) is 3.42. The van der Waals surface area contributed by atoms with E-state index in [4.69, 9.17) is 4.74 Å². The molecule has 7 nitrogen and oxygen atoms in total. The fraction of sp³-hybridized carbons (Fsp3) is 0.222. The molecule has 0 heterocycles. The van der Waals surface area contributed by atoms with Crippen LogP contribution in [-0.2, 0) is 19.6 Å². The van der Waals surface area contributed by atoms with Crippen molar-refractivity contribution in [1.29, 1.82) is 0 Å². The van der Waals surface area contributed by atoms with Gasteiger partial charge in [0, 0.05) is 23.1 Å². The lowest BCUT2D eigenvalue weighted by molar-refractivity contribution is -0.116. The number of nitrogens with one attached hydrogen (secondary N) is 2. The Balaban J connectivity index is 1.84. The second kappa shape index (κ2) is 9.63. The van der Waals surface area contributed by atoms with Gasteiger partial charge in [0.15, 0.2) is 0 Å². The molecule has 0 bridgehead atoms. The second-order valence-corrected chi connectivity index (χ2v) is 8.13. The van der Waals surface area contributed by atoms with Crippen LogP contribution in [0, 0.1) is 0 Å². The minimum atomic E-state index is -3.67. The topological polar surface area (TPSA) is 102 Å². The Morgan fingerprint density at radius 1 is 1.04 bits per heavy atom. The van der Waals surface area contributed by atoms with Crippen LogP contribution in [0.15, 0.2) is 57.9 Å². The number of benzene rings is 2. The number of amides is 1. The Morgan fingerprint density at radius 2 is 1.67 bits per heavy atom. The van der Waals surface area contributed by atoms with Crippen molar-refractivity contribution in [3.63, 3.8) is 0 Å². The molecule has 0 spiro atoms. The van der Waals surface area contributed by atoms with E-state index < -0.39 is 16.0 Å². The van der Waals surface area contributed by atoms with Crippen LogP contribution in [0.25, 0.3) is 0 Å². The fourth-order valence-electron chi connectivity index (χ4n) is 2.12. The minimum absolute atomic E-state index is 0.0324. The normalized spacial score (nSPS) is 11.0. The average molecular weight is 455 g/mol. The molecule has 0 atom stereocenters. The predicted molar refractivity (Wildman–Crippen MR) is 105 cm³/mol. The van der Waals surface area contributed by atoms with E-state index in [2.05, 4.69) is 26.0 Å². The highest BCUT2D eigenvalue weighted by Gasteiger charge is 2.14. The summed E-state index contributed by atoms with van der Waals surface area (Å²) >= 11 is 3.24. The number of halogens is 1. The van der Waals surface area contributed by atoms with E-state index in [1.165, 1.54) is 12.1 Å². The second-order valence-electron chi connectivity index (χ2n) is 5.45. The number of sulfonamides is 1. The van der Waals surface area contributed by atoms with Gasteiger partial charge in [-0.25, -0.2) is 17.9 Å². The van der Waals surface area contributed by atoms with Crippen LogP contribution >= 0.6 is 15.9 Å². The quantitative estimate of drug-likeness (QED) is 0.596. The number of hydrogen-bond acceptors (Lipinski definition) is 5. The summed E-state index contributed by atoms with van der Waals surface area (Å²) in [5, 5.41) is 2.64. The smallest absolute Gasteiger partial charge is 0.338 e. The zero-order valence-electron chi connectivity index (χ0n) is 14.6. The van der Waals surface area contributed by atoms with Crippen LogP contribution in [0.2, 0.25) is 0 Å². The van der Waals surface area contributed by atoms with Crippen molar-refractivity contribution >= 4 is 43.5 Å². The Hall–Kier alpha value is -2.23. The van der Waals surface area contributed by atoms with E-state index in [1.807, 2.05) is 0 Å². The lowest BCUT2D eigenvalue weighted by atomic mass is 10.2. The predicted octanol–water partition coefficient (Wildman–Crippen LogP) is 2.93. The molecule has 0 aliphatic heterocycles. The molecule has 0 aliphatic carbocycles. The standard InChI is InChI=1S/C18H19BrN2O5S/c1-2-26-18(23)13-3-7-15(8-4-13)21-17(22)11-12-20-27(24,25)16-9-5-14(19)6-10-16/h3-10,20H,2,11-12H2,1H3,(H,21,22). The maximum absolute atomic E-state index is 12.1. The lowest BCUT2D eigenvalue weighted by Crippen LogP contribution is -2.27. The summed E-state index contributed by atoms with van der Waals surface area (Å²) in [5.41, 5.74) is 0.890. The monoisotopic (exact) mass is 454 g/mol. The van der Waals surface area contributed by atoms with E-state index in [0.717, 1.165) is 4.47 Å². The average Bonchev–Trinajstić information content (AvgIpc) is 2.62. The molecule has 0 fully saturated rings. The zero-order valence-corrected chi connectivity index (χ0v) is 17.0. The van der Waals surface area contributed by atoms with Gasteiger partial charge in [-0.3, -0.25) is 4.79 Å². The number of anilines is 1. The number of esters is 1. The van der Waals surface area contributed by atoms with Gasteiger partial charge in [-0.2, -0.15) is 0 Å². The van der Waals surface area contributed by atoms with Crippen LogP contribution < -0.4 is 10.0 Å². The van der Waals surface area contributed by atoms with Gasteiger partial charge in [-0.05, 0) is 55.5 Å². The number of rotatable bonds is 8. The van der Waals surface area contributed by atoms with E-state index in [0.29, 0.717) is 11.3 Å². The number of hydrogen-bond donors (Lipinski definition) is 2. The number of carbonyl (C=O) groups is 2. The Morgan fingerprint density at radius 3 is 2.26 bits per heavy atom. The van der Waals surface area contributed by atoms with Crippen molar-refractivity contribution in [1.82, 2.24) is 4.72 Å². The third kappa shape index (κ3) is 6.46. The SMILES string of the molecule is CCOC(=O)c1ccc(NC(=O)CCNS(=O)(=O)c2ccc(Br)cc2)cc1. The summed E-state index contributed by atoms with van der Waals surface area (Å²) in [7, 11) is -3.67. The van der Waals surface area contributed by atoms with Crippen molar-refractivity contribution in [3.05, 3.63) is 58.6 Å². The minimum Gasteiger partial charge on any atom is -0.462 e. The first-order chi connectivity index (χ1) is 12.8. The zero-order chi connectivity index (χ0) is 19.9. The van der Waals surface area contributed by atoms with Crippen LogP contribution in [0.3, 0.4) is 0 Å². The van der Waals surface area contributed by atoms with Gasteiger partial charge in [-0.15, -0.1) is 0 Å². The maximum Gasteiger partial charge on any atom is 0.338 e. The summed E-state index contributed by atoms with van der Waals surface area (Å²) in [6, 6.07) is 12.4. The maximum atomic E-state index is 12.1. The lowest BCUT2D eigenvalue weighted by Gasteiger charge is -2.08. The highest BCUT2D eigenvalue weighted by atomic mass is 79.9. The first-order valence-corrected chi connectivity index (χ1v) is 10.4. The molecule has 2 aromatic carbocycles. The van der Waals surface area contributed by atoms with Crippen LogP contribution in [0.4, 0.5) is 5.69 Å². The molecular formula is C18H19BrN2O5S. The van der Waals surface area contributed by atoms with Crippen LogP contribution in [-0.4, -0.2) is 33.4 Å². The van der Waals surface area contributed by atoms with Gasteiger partial charge in [0.05, 0.1) is 17.1 Å². The van der Waals surface area contributed by atoms with Gasteiger partial charge in [0.1, 0.15) is 0 Å². The summed E-state index contributed by atoms with van der Waals surface area (Å²) in [4.78, 5) is 23.7. The summed E-state index contributed by atoms with van der Waals surface area (Å²) in [6.07, 6.45) is -0.0324. The van der Waals surface area contributed by atoms with Gasteiger partial charge in [0.2, 0.25) is 15.9 Å². The molecule has 2 rings (SSSR count). The number of ether oxygens (including phenoxy) is 1. The molecule has 0 saturated carbocycles. The van der Waals surface area contributed by atoms with E-state index in [-0.39, 0.29) is 30.4 Å². The van der Waals surface area contributed by atoms with Gasteiger partial charge < -0.3 is 10.1 Å². The molecule has 144 valence electrons. The number of carbonyl (C=O) groups excluding carboxylic acids is 2. The Kier molecular flexibility index (Phi) is 7.52. The molecule has 2 aromatic rings. The van der Waals surface area contributed by atoms with Gasteiger partial charge in [0.25, 0.3) is 0 Å². The molecule has 0 unspecified atom stereocenters. The van der Waals surface area contributed by atoms with Gasteiger partial charge in [-0.1, -0.05) is 15.9 Å². The molecule has 0 aromatic heterocycles. The third-order valence-electron chi connectivity index (χ3n) is 3.45. The van der Waals surface area contributed by atoms with Crippen LogP contribution in [0.1, 0.15) is 23.7 Å².